The number of nitro benzene ring substituents is 1. The van der Waals surface area contributed by atoms with Gasteiger partial charge in [-0.05, 0) is 24.3 Å². The number of halogens is 1. The molecule has 0 heterocycles. The van der Waals surface area contributed by atoms with Crippen LogP contribution in [0.1, 0.15) is 42.2 Å². The first-order valence-corrected chi connectivity index (χ1v) is 9.44. The van der Waals surface area contributed by atoms with Crippen LogP contribution in [0.15, 0.2) is 60.7 Å². The lowest BCUT2D eigenvalue weighted by Gasteiger charge is -2.18. The minimum Gasteiger partial charge on any atom is -0.487 e. The number of carbonyl (C=O) groups excluding carboxylic acids is 3. The van der Waals surface area contributed by atoms with Gasteiger partial charge in [0.1, 0.15) is 24.3 Å². The predicted octanol–water partition coefficient (Wildman–Crippen LogP) is 3.75. The summed E-state index contributed by atoms with van der Waals surface area (Å²) < 4.78 is 23.7. The van der Waals surface area contributed by atoms with Crippen LogP contribution in [-0.2, 0) is 4.74 Å². The fraction of sp³-hybridized carbons (Fsp3) is 0.0870. The molecule has 3 aromatic carbocycles. The van der Waals surface area contributed by atoms with Crippen molar-refractivity contribution in [2.75, 3.05) is 13.2 Å². The van der Waals surface area contributed by atoms with Crippen molar-refractivity contribution < 1.29 is 33.2 Å². The van der Waals surface area contributed by atoms with Crippen LogP contribution in [0.25, 0.3) is 0 Å². The number of ketones is 2. The Labute approximate surface area is 180 Å². The zero-order valence-electron chi connectivity index (χ0n) is 16.4. The number of carbonyl (C=O) groups is 3. The second kappa shape index (κ2) is 8.38. The van der Waals surface area contributed by atoms with Gasteiger partial charge >= 0.3 is 5.97 Å². The molecule has 32 heavy (non-hydrogen) atoms. The van der Waals surface area contributed by atoms with Crippen molar-refractivity contribution in [3.63, 3.8) is 0 Å². The van der Waals surface area contributed by atoms with E-state index in [1.54, 1.807) is 12.1 Å². The van der Waals surface area contributed by atoms with E-state index in [9.17, 15) is 28.9 Å². The Morgan fingerprint density at radius 2 is 1.53 bits per heavy atom. The van der Waals surface area contributed by atoms with Crippen LogP contribution < -0.4 is 4.74 Å². The van der Waals surface area contributed by atoms with E-state index in [0.29, 0.717) is 0 Å². The average molecular weight is 435 g/mol. The van der Waals surface area contributed by atoms with E-state index in [-0.39, 0.29) is 35.7 Å². The van der Waals surface area contributed by atoms with E-state index in [2.05, 4.69) is 0 Å². The lowest BCUT2D eigenvalue weighted by Crippen LogP contribution is -2.24. The minimum atomic E-state index is -1.07. The predicted molar refractivity (Wildman–Crippen MR) is 109 cm³/mol. The summed E-state index contributed by atoms with van der Waals surface area (Å²) in [6.45, 7) is -0.521. The van der Waals surface area contributed by atoms with Crippen LogP contribution in [0.3, 0.4) is 0 Å². The maximum absolute atomic E-state index is 13.5. The number of nitro groups is 1. The second-order valence-electron chi connectivity index (χ2n) is 6.76. The molecule has 1 aliphatic carbocycles. The first-order chi connectivity index (χ1) is 15.4. The van der Waals surface area contributed by atoms with Crippen molar-refractivity contribution in [3.05, 3.63) is 104 Å². The Morgan fingerprint density at radius 1 is 0.875 bits per heavy atom. The number of ether oxygens (including phenoxy) is 2. The molecule has 0 spiro atoms. The Balaban J connectivity index is 1.59. The van der Waals surface area contributed by atoms with E-state index in [4.69, 9.17) is 9.47 Å². The first-order valence-electron chi connectivity index (χ1n) is 9.44. The van der Waals surface area contributed by atoms with Crippen molar-refractivity contribution >= 4 is 23.2 Å². The van der Waals surface area contributed by atoms with Crippen LogP contribution in [0.2, 0.25) is 0 Å². The van der Waals surface area contributed by atoms with Gasteiger partial charge in [0.25, 0.3) is 5.69 Å². The number of rotatable bonds is 6. The molecular formula is C23H14FNO7. The van der Waals surface area contributed by atoms with Crippen molar-refractivity contribution in [2.45, 2.75) is 0 Å². The molecule has 0 amide bonds. The molecule has 3 aromatic rings. The van der Waals surface area contributed by atoms with Crippen molar-refractivity contribution in [3.8, 4) is 5.75 Å². The maximum Gasteiger partial charge on any atom is 0.345 e. The molecule has 0 atom stereocenters. The number of nitrogens with zero attached hydrogens (tertiary/aromatic N) is 1. The standard InChI is InChI=1S/C23H14FNO7/c24-17-7-3-4-8-18(17)31-11-12-32-23(28)16-10-9-15-19(20(16)25(29)30)22(27)14-6-2-1-5-13(14)21(15)26/h1-10H,11-12H2. The fourth-order valence-corrected chi connectivity index (χ4v) is 3.45. The molecule has 0 unspecified atom stereocenters. The van der Waals surface area contributed by atoms with Gasteiger partial charge in [-0.3, -0.25) is 19.7 Å². The largest absolute Gasteiger partial charge is 0.487 e. The summed E-state index contributed by atoms with van der Waals surface area (Å²) in [7, 11) is 0. The minimum absolute atomic E-state index is 0.0249. The molecule has 160 valence electrons. The average Bonchev–Trinajstić information content (AvgIpc) is 2.80. The highest BCUT2D eigenvalue weighted by Gasteiger charge is 2.38. The van der Waals surface area contributed by atoms with Gasteiger partial charge in [0.15, 0.2) is 17.3 Å². The smallest absolute Gasteiger partial charge is 0.345 e. The Morgan fingerprint density at radius 3 is 2.22 bits per heavy atom. The van der Waals surface area contributed by atoms with Crippen LogP contribution >= 0.6 is 0 Å². The molecule has 0 aliphatic heterocycles. The Bertz CT molecular complexity index is 1290. The summed E-state index contributed by atoms with van der Waals surface area (Å²) in [4.78, 5) is 49.1. The van der Waals surface area contributed by atoms with Crippen LogP contribution in [0.4, 0.5) is 10.1 Å². The van der Waals surface area contributed by atoms with Gasteiger partial charge in [-0.2, -0.15) is 0 Å². The van der Waals surface area contributed by atoms with Crippen LogP contribution in [-0.4, -0.2) is 35.7 Å². The quantitative estimate of drug-likeness (QED) is 0.196. The van der Waals surface area contributed by atoms with Gasteiger partial charge < -0.3 is 9.47 Å². The lowest BCUT2D eigenvalue weighted by molar-refractivity contribution is -0.385. The summed E-state index contributed by atoms with van der Waals surface area (Å²) >= 11 is 0. The monoisotopic (exact) mass is 435 g/mol. The summed E-state index contributed by atoms with van der Waals surface area (Å²) in [5.74, 6) is -2.97. The zero-order valence-corrected chi connectivity index (χ0v) is 16.4. The molecule has 0 saturated heterocycles. The van der Waals surface area contributed by atoms with E-state index in [1.165, 1.54) is 42.5 Å². The molecule has 0 aromatic heterocycles. The highest BCUT2D eigenvalue weighted by atomic mass is 19.1. The molecule has 0 saturated carbocycles. The maximum atomic E-state index is 13.5. The summed E-state index contributed by atoms with van der Waals surface area (Å²) in [6, 6.07) is 13.9. The third-order valence-corrected chi connectivity index (χ3v) is 4.88. The van der Waals surface area contributed by atoms with E-state index in [0.717, 1.165) is 6.07 Å². The summed E-state index contributed by atoms with van der Waals surface area (Å²) in [6.07, 6.45) is 0. The molecule has 0 bridgehead atoms. The van der Waals surface area contributed by atoms with E-state index in [1.807, 2.05) is 0 Å². The van der Waals surface area contributed by atoms with Crippen molar-refractivity contribution in [2.24, 2.45) is 0 Å². The molecular weight excluding hydrogens is 421 g/mol. The Hall–Kier alpha value is -4.40. The fourth-order valence-electron chi connectivity index (χ4n) is 3.45. The van der Waals surface area contributed by atoms with Gasteiger partial charge in [0.05, 0.1) is 4.92 Å². The highest BCUT2D eigenvalue weighted by Crippen LogP contribution is 2.35. The van der Waals surface area contributed by atoms with Crippen molar-refractivity contribution in [1.29, 1.82) is 0 Å². The third-order valence-electron chi connectivity index (χ3n) is 4.88. The summed E-state index contributed by atoms with van der Waals surface area (Å²) in [5.41, 5.74) is -1.71. The number of para-hydroxylation sites is 1. The molecule has 1 aliphatic rings. The molecule has 8 nitrogen and oxygen atoms in total. The highest BCUT2D eigenvalue weighted by molar-refractivity contribution is 6.30. The van der Waals surface area contributed by atoms with Gasteiger partial charge in [0, 0.05) is 16.7 Å². The SMILES string of the molecule is O=C1c2ccccc2C(=O)c2c1ccc(C(=O)OCCOc1ccccc1F)c2[N+](=O)[O-]. The van der Waals surface area contributed by atoms with Gasteiger partial charge in [-0.1, -0.05) is 36.4 Å². The van der Waals surface area contributed by atoms with Crippen LogP contribution in [0.5, 0.6) is 5.75 Å². The molecule has 0 fully saturated rings. The number of esters is 1. The van der Waals surface area contributed by atoms with Crippen molar-refractivity contribution in [1.82, 2.24) is 0 Å². The normalized spacial score (nSPS) is 12.0. The Kier molecular flexibility index (Phi) is 5.46. The topological polar surface area (TPSA) is 113 Å². The van der Waals surface area contributed by atoms with Gasteiger partial charge in [-0.15, -0.1) is 0 Å². The molecule has 0 N–H and O–H groups in total. The first kappa shape index (κ1) is 20.9. The second-order valence-corrected chi connectivity index (χ2v) is 6.76. The lowest BCUT2D eigenvalue weighted by atomic mass is 9.82. The van der Waals surface area contributed by atoms with E-state index < -0.39 is 45.1 Å². The molecule has 9 heteroatoms. The zero-order chi connectivity index (χ0) is 22.8. The van der Waals surface area contributed by atoms with E-state index >= 15 is 0 Å². The molecule has 4 rings (SSSR count). The van der Waals surface area contributed by atoms with Gasteiger partial charge in [-0.25, -0.2) is 9.18 Å². The van der Waals surface area contributed by atoms with Gasteiger partial charge in [0.2, 0.25) is 5.78 Å². The number of hydrogen-bond donors (Lipinski definition) is 0. The van der Waals surface area contributed by atoms with Crippen LogP contribution in [0, 0.1) is 15.9 Å². The summed E-state index contributed by atoms with van der Waals surface area (Å²) in [5, 5.41) is 11.8. The molecule has 0 radical (unpaired) electrons. The number of fused-ring (bicyclic) bond motifs is 2. The number of benzene rings is 3. The third kappa shape index (κ3) is 3.60. The number of hydrogen-bond acceptors (Lipinski definition) is 7.